The molecule has 0 aromatic heterocycles. The summed E-state index contributed by atoms with van der Waals surface area (Å²) >= 11 is 0. The summed E-state index contributed by atoms with van der Waals surface area (Å²) in [7, 11) is 0. The largest absolute Gasteiger partial charge is 0.379 e. The fraction of sp³-hybridized carbons (Fsp3) is 1.00. The van der Waals surface area contributed by atoms with Crippen LogP contribution in [0.3, 0.4) is 0 Å². The Morgan fingerprint density at radius 1 is 1.14 bits per heavy atom. The SMILES string of the molecule is CC(C)C1CC2COCC2N1C(C)C. The van der Waals surface area contributed by atoms with Crippen LogP contribution in [-0.4, -0.2) is 36.2 Å². The summed E-state index contributed by atoms with van der Waals surface area (Å²) in [6.07, 6.45) is 1.35. The van der Waals surface area contributed by atoms with E-state index in [1.807, 2.05) is 0 Å². The zero-order valence-electron chi connectivity index (χ0n) is 9.86. The third kappa shape index (κ3) is 1.59. The van der Waals surface area contributed by atoms with Crippen molar-refractivity contribution in [2.24, 2.45) is 11.8 Å². The van der Waals surface area contributed by atoms with E-state index in [1.165, 1.54) is 6.42 Å². The van der Waals surface area contributed by atoms with Crippen molar-refractivity contribution >= 4 is 0 Å². The van der Waals surface area contributed by atoms with Crippen molar-refractivity contribution in [3.63, 3.8) is 0 Å². The highest BCUT2D eigenvalue weighted by Crippen LogP contribution is 2.38. The molecule has 2 heteroatoms. The Hall–Kier alpha value is -0.0800. The average Bonchev–Trinajstić information content (AvgIpc) is 2.58. The van der Waals surface area contributed by atoms with Crippen LogP contribution in [-0.2, 0) is 4.74 Å². The van der Waals surface area contributed by atoms with E-state index in [0.29, 0.717) is 12.1 Å². The van der Waals surface area contributed by atoms with Crippen LogP contribution in [0.1, 0.15) is 34.1 Å². The molecule has 0 aliphatic carbocycles. The molecule has 0 saturated carbocycles. The number of rotatable bonds is 2. The van der Waals surface area contributed by atoms with Crippen LogP contribution >= 0.6 is 0 Å². The van der Waals surface area contributed by atoms with Crippen molar-refractivity contribution in [3.8, 4) is 0 Å². The van der Waals surface area contributed by atoms with E-state index in [2.05, 4.69) is 32.6 Å². The van der Waals surface area contributed by atoms with Gasteiger partial charge in [0, 0.05) is 24.0 Å². The highest BCUT2D eigenvalue weighted by atomic mass is 16.5. The maximum absolute atomic E-state index is 5.58. The highest BCUT2D eigenvalue weighted by molar-refractivity contribution is 4.98. The van der Waals surface area contributed by atoms with Crippen LogP contribution in [0.5, 0.6) is 0 Å². The second-order valence-electron chi connectivity index (χ2n) is 5.45. The van der Waals surface area contributed by atoms with Crippen molar-refractivity contribution in [1.29, 1.82) is 0 Å². The molecule has 2 fully saturated rings. The van der Waals surface area contributed by atoms with E-state index in [0.717, 1.165) is 31.1 Å². The van der Waals surface area contributed by atoms with Gasteiger partial charge in [-0.3, -0.25) is 4.90 Å². The van der Waals surface area contributed by atoms with Gasteiger partial charge >= 0.3 is 0 Å². The van der Waals surface area contributed by atoms with E-state index in [-0.39, 0.29) is 0 Å². The molecule has 2 rings (SSSR count). The third-order valence-electron chi connectivity index (χ3n) is 3.84. The normalized spacial score (nSPS) is 38.6. The van der Waals surface area contributed by atoms with E-state index >= 15 is 0 Å². The predicted octanol–water partition coefficient (Wildman–Crippen LogP) is 2.14. The molecule has 2 nitrogen and oxygen atoms in total. The molecule has 2 heterocycles. The van der Waals surface area contributed by atoms with Gasteiger partial charge < -0.3 is 4.74 Å². The highest BCUT2D eigenvalue weighted by Gasteiger charge is 2.46. The van der Waals surface area contributed by atoms with Gasteiger partial charge in [-0.05, 0) is 26.2 Å². The van der Waals surface area contributed by atoms with Crippen LogP contribution < -0.4 is 0 Å². The number of hydrogen-bond acceptors (Lipinski definition) is 2. The smallest absolute Gasteiger partial charge is 0.0625 e. The first-order valence-corrected chi connectivity index (χ1v) is 5.96. The predicted molar refractivity (Wildman–Crippen MR) is 58.3 cm³/mol. The van der Waals surface area contributed by atoms with Crippen molar-refractivity contribution in [3.05, 3.63) is 0 Å². The zero-order valence-corrected chi connectivity index (χ0v) is 9.86. The monoisotopic (exact) mass is 197 g/mol. The summed E-state index contributed by atoms with van der Waals surface area (Å²) in [6.45, 7) is 11.3. The van der Waals surface area contributed by atoms with Crippen LogP contribution in [0.25, 0.3) is 0 Å². The molecular weight excluding hydrogens is 174 g/mol. The summed E-state index contributed by atoms with van der Waals surface area (Å²) in [6, 6.07) is 2.16. The van der Waals surface area contributed by atoms with Gasteiger partial charge in [-0.1, -0.05) is 13.8 Å². The lowest BCUT2D eigenvalue weighted by Crippen LogP contribution is -2.45. The minimum Gasteiger partial charge on any atom is -0.379 e. The second kappa shape index (κ2) is 3.82. The van der Waals surface area contributed by atoms with Crippen LogP contribution in [0.2, 0.25) is 0 Å². The first-order chi connectivity index (χ1) is 6.61. The summed E-state index contributed by atoms with van der Waals surface area (Å²) in [5.74, 6) is 1.59. The maximum Gasteiger partial charge on any atom is 0.0625 e. The van der Waals surface area contributed by atoms with Gasteiger partial charge in [0.25, 0.3) is 0 Å². The molecule has 2 aliphatic rings. The minimum atomic E-state index is 0.666. The van der Waals surface area contributed by atoms with Gasteiger partial charge in [0.1, 0.15) is 0 Å². The molecule has 0 amide bonds. The van der Waals surface area contributed by atoms with Crippen molar-refractivity contribution in [2.45, 2.75) is 52.2 Å². The van der Waals surface area contributed by atoms with Crippen molar-refractivity contribution < 1.29 is 4.74 Å². The van der Waals surface area contributed by atoms with Gasteiger partial charge in [-0.25, -0.2) is 0 Å². The third-order valence-corrected chi connectivity index (χ3v) is 3.84. The number of hydrogen-bond donors (Lipinski definition) is 0. The van der Waals surface area contributed by atoms with Crippen LogP contribution in [0.15, 0.2) is 0 Å². The molecule has 0 aromatic rings. The Balaban J connectivity index is 2.13. The zero-order chi connectivity index (χ0) is 10.3. The molecule has 0 spiro atoms. The molecule has 0 aromatic carbocycles. The minimum absolute atomic E-state index is 0.666. The Labute approximate surface area is 87.6 Å². The van der Waals surface area contributed by atoms with Gasteiger partial charge in [0.2, 0.25) is 0 Å². The molecule has 0 radical (unpaired) electrons. The van der Waals surface area contributed by atoms with E-state index in [9.17, 15) is 0 Å². The topological polar surface area (TPSA) is 12.5 Å². The maximum atomic E-state index is 5.58. The number of nitrogens with zero attached hydrogens (tertiary/aromatic N) is 1. The Kier molecular flexibility index (Phi) is 2.85. The molecule has 2 aliphatic heterocycles. The fourth-order valence-corrected chi connectivity index (χ4v) is 3.20. The first-order valence-electron chi connectivity index (χ1n) is 5.96. The molecule has 0 N–H and O–H groups in total. The van der Waals surface area contributed by atoms with E-state index in [4.69, 9.17) is 4.74 Å². The molecule has 3 atom stereocenters. The van der Waals surface area contributed by atoms with Gasteiger partial charge in [0.15, 0.2) is 0 Å². The fourth-order valence-electron chi connectivity index (χ4n) is 3.20. The van der Waals surface area contributed by atoms with Gasteiger partial charge in [-0.15, -0.1) is 0 Å². The lowest BCUT2D eigenvalue weighted by Gasteiger charge is -2.34. The standard InChI is InChI=1S/C12H23NO/c1-8(2)11-5-10-6-14-7-12(10)13(11)9(3)4/h8-12H,5-7H2,1-4H3. The van der Waals surface area contributed by atoms with Crippen molar-refractivity contribution in [2.75, 3.05) is 13.2 Å². The Morgan fingerprint density at radius 3 is 2.43 bits per heavy atom. The summed E-state index contributed by atoms with van der Waals surface area (Å²) in [5.41, 5.74) is 0. The molecule has 0 bridgehead atoms. The van der Waals surface area contributed by atoms with Gasteiger partial charge in [-0.2, -0.15) is 0 Å². The lowest BCUT2D eigenvalue weighted by molar-refractivity contribution is 0.0817. The molecule has 14 heavy (non-hydrogen) atoms. The Bertz CT molecular complexity index is 202. The number of fused-ring (bicyclic) bond motifs is 1. The number of ether oxygens (including phenoxy) is 1. The van der Waals surface area contributed by atoms with Crippen molar-refractivity contribution in [1.82, 2.24) is 4.90 Å². The summed E-state index contributed by atoms with van der Waals surface area (Å²) < 4.78 is 5.58. The number of likely N-dealkylation sites (tertiary alicyclic amines) is 1. The molecule has 3 unspecified atom stereocenters. The van der Waals surface area contributed by atoms with E-state index < -0.39 is 0 Å². The molecular formula is C12H23NO. The Morgan fingerprint density at radius 2 is 1.86 bits per heavy atom. The average molecular weight is 197 g/mol. The summed E-state index contributed by atoms with van der Waals surface area (Å²) in [5, 5.41) is 0. The lowest BCUT2D eigenvalue weighted by atomic mass is 9.97. The second-order valence-corrected chi connectivity index (χ2v) is 5.45. The van der Waals surface area contributed by atoms with Crippen LogP contribution in [0, 0.1) is 11.8 Å². The molecule has 82 valence electrons. The quantitative estimate of drug-likeness (QED) is 0.672. The summed E-state index contributed by atoms with van der Waals surface area (Å²) in [4.78, 5) is 2.70. The molecule has 2 saturated heterocycles. The van der Waals surface area contributed by atoms with Crippen LogP contribution in [0.4, 0.5) is 0 Å². The van der Waals surface area contributed by atoms with Gasteiger partial charge in [0.05, 0.1) is 13.2 Å². The first kappa shape index (κ1) is 10.4. The van der Waals surface area contributed by atoms with E-state index in [1.54, 1.807) is 0 Å².